The van der Waals surface area contributed by atoms with Gasteiger partial charge in [0.25, 0.3) is 0 Å². The van der Waals surface area contributed by atoms with Gasteiger partial charge in [0.1, 0.15) is 5.75 Å². The van der Waals surface area contributed by atoms with Crippen LogP contribution >= 0.6 is 0 Å². The van der Waals surface area contributed by atoms with E-state index in [9.17, 15) is 4.79 Å². The number of benzene rings is 2. The lowest BCUT2D eigenvalue weighted by Crippen LogP contribution is -2.48. The van der Waals surface area contributed by atoms with Crippen LogP contribution < -0.4 is 10.1 Å². The van der Waals surface area contributed by atoms with Crippen LogP contribution in [0.1, 0.15) is 28.7 Å². The molecule has 5 nitrogen and oxygen atoms in total. The average molecular weight is 410 g/mol. The summed E-state index contributed by atoms with van der Waals surface area (Å²) in [4.78, 5) is 17.2. The van der Waals surface area contributed by atoms with E-state index < -0.39 is 0 Å². The van der Waals surface area contributed by atoms with Crippen molar-refractivity contribution < 1.29 is 9.53 Å². The van der Waals surface area contributed by atoms with Crippen molar-refractivity contribution in [1.29, 1.82) is 0 Å². The normalized spacial score (nSPS) is 15.2. The first-order valence-corrected chi connectivity index (χ1v) is 10.9. The number of para-hydroxylation sites is 1. The molecule has 0 bridgehead atoms. The molecule has 2 aromatic rings. The van der Waals surface area contributed by atoms with E-state index in [1.165, 1.54) is 11.1 Å². The van der Waals surface area contributed by atoms with E-state index in [1.807, 2.05) is 32.0 Å². The SMILES string of the molecule is Cc1cc(C)cc(OCCCN2CCN(CC(=O)Nc3c(C)cccc3C)CC2)c1. The molecular weight excluding hydrogens is 374 g/mol. The Morgan fingerprint density at radius 3 is 2.17 bits per heavy atom. The number of carbonyl (C=O) groups excluding carboxylic acids is 1. The van der Waals surface area contributed by atoms with E-state index in [0.29, 0.717) is 6.54 Å². The third kappa shape index (κ3) is 6.57. The van der Waals surface area contributed by atoms with Crippen molar-refractivity contribution >= 4 is 11.6 Å². The third-order valence-corrected chi connectivity index (χ3v) is 5.66. The summed E-state index contributed by atoms with van der Waals surface area (Å²) in [6.07, 6.45) is 1.01. The van der Waals surface area contributed by atoms with E-state index in [2.05, 4.69) is 47.2 Å². The van der Waals surface area contributed by atoms with Gasteiger partial charge in [0.2, 0.25) is 5.91 Å². The molecule has 2 aromatic carbocycles. The average Bonchev–Trinajstić information content (AvgIpc) is 2.69. The van der Waals surface area contributed by atoms with Crippen LogP contribution in [0.2, 0.25) is 0 Å². The summed E-state index contributed by atoms with van der Waals surface area (Å²) < 4.78 is 5.92. The predicted octanol–water partition coefficient (Wildman–Crippen LogP) is 3.95. The van der Waals surface area contributed by atoms with Gasteiger partial charge < -0.3 is 15.0 Å². The Balaban J connectivity index is 1.34. The minimum absolute atomic E-state index is 0.0719. The second kappa shape index (κ2) is 10.6. The summed E-state index contributed by atoms with van der Waals surface area (Å²) in [5.41, 5.74) is 5.64. The molecule has 1 amide bonds. The molecule has 0 atom stereocenters. The lowest BCUT2D eigenvalue weighted by atomic mass is 10.1. The monoisotopic (exact) mass is 409 g/mol. The maximum Gasteiger partial charge on any atom is 0.238 e. The first kappa shape index (κ1) is 22.3. The standard InChI is InChI=1S/C25H35N3O2/c1-19-15-20(2)17-23(16-19)30-14-6-9-27-10-12-28(13-11-27)18-24(29)26-25-21(3)7-5-8-22(25)4/h5,7-8,15-17H,6,9-14,18H2,1-4H3,(H,26,29). The lowest BCUT2D eigenvalue weighted by Gasteiger charge is -2.34. The van der Waals surface area contributed by atoms with Crippen molar-refractivity contribution in [2.75, 3.05) is 51.2 Å². The van der Waals surface area contributed by atoms with Crippen LogP contribution in [0, 0.1) is 27.7 Å². The van der Waals surface area contributed by atoms with Crippen molar-refractivity contribution in [3.63, 3.8) is 0 Å². The highest BCUT2D eigenvalue weighted by atomic mass is 16.5. The van der Waals surface area contributed by atoms with Crippen molar-refractivity contribution in [1.82, 2.24) is 9.80 Å². The second-order valence-corrected chi connectivity index (χ2v) is 8.46. The molecule has 0 saturated carbocycles. The molecule has 162 valence electrons. The van der Waals surface area contributed by atoms with Crippen molar-refractivity contribution in [3.8, 4) is 5.75 Å². The summed E-state index contributed by atoms with van der Waals surface area (Å²) in [7, 11) is 0. The van der Waals surface area contributed by atoms with Gasteiger partial charge in [-0.1, -0.05) is 24.3 Å². The molecule has 0 spiro atoms. The fourth-order valence-corrected chi connectivity index (χ4v) is 4.06. The van der Waals surface area contributed by atoms with Crippen molar-refractivity contribution in [2.24, 2.45) is 0 Å². The highest BCUT2D eigenvalue weighted by molar-refractivity contribution is 5.93. The lowest BCUT2D eigenvalue weighted by molar-refractivity contribution is -0.117. The first-order chi connectivity index (χ1) is 14.4. The number of anilines is 1. The quantitative estimate of drug-likeness (QED) is 0.671. The van der Waals surface area contributed by atoms with Gasteiger partial charge >= 0.3 is 0 Å². The second-order valence-electron chi connectivity index (χ2n) is 8.46. The van der Waals surface area contributed by atoms with Crippen LogP contribution in [0.5, 0.6) is 5.75 Å². The molecule has 5 heteroatoms. The third-order valence-electron chi connectivity index (χ3n) is 5.66. The maximum absolute atomic E-state index is 12.5. The Labute approximate surface area is 181 Å². The fourth-order valence-electron chi connectivity index (χ4n) is 4.06. The summed E-state index contributed by atoms with van der Waals surface area (Å²) in [6, 6.07) is 12.4. The molecule has 0 aliphatic carbocycles. The molecule has 0 aromatic heterocycles. The Morgan fingerprint density at radius 2 is 1.53 bits per heavy atom. The van der Waals surface area contributed by atoms with E-state index in [1.54, 1.807) is 0 Å². The van der Waals surface area contributed by atoms with Gasteiger partial charge in [-0.05, 0) is 68.5 Å². The van der Waals surface area contributed by atoms with Crippen molar-refractivity contribution in [3.05, 3.63) is 58.7 Å². The van der Waals surface area contributed by atoms with Crippen LogP contribution in [0.4, 0.5) is 5.69 Å². The van der Waals surface area contributed by atoms with E-state index in [4.69, 9.17) is 4.74 Å². The highest BCUT2D eigenvalue weighted by Gasteiger charge is 2.19. The van der Waals surface area contributed by atoms with E-state index >= 15 is 0 Å². The van der Waals surface area contributed by atoms with Gasteiger partial charge in [-0.15, -0.1) is 0 Å². The number of hydrogen-bond donors (Lipinski definition) is 1. The number of carbonyl (C=O) groups is 1. The Morgan fingerprint density at radius 1 is 0.933 bits per heavy atom. The van der Waals surface area contributed by atoms with E-state index in [-0.39, 0.29) is 5.91 Å². The van der Waals surface area contributed by atoms with Crippen molar-refractivity contribution in [2.45, 2.75) is 34.1 Å². The van der Waals surface area contributed by atoms with Gasteiger partial charge in [-0.3, -0.25) is 9.69 Å². The zero-order valence-electron chi connectivity index (χ0n) is 18.8. The van der Waals surface area contributed by atoms with Gasteiger partial charge in [-0.25, -0.2) is 0 Å². The Kier molecular flexibility index (Phi) is 7.88. The number of nitrogens with one attached hydrogen (secondary N) is 1. The molecule has 1 saturated heterocycles. The number of nitrogens with zero attached hydrogens (tertiary/aromatic N) is 2. The van der Waals surface area contributed by atoms with Gasteiger partial charge in [0.05, 0.1) is 13.2 Å². The predicted molar refractivity (Wildman–Crippen MR) is 123 cm³/mol. The first-order valence-electron chi connectivity index (χ1n) is 10.9. The number of amides is 1. The topological polar surface area (TPSA) is 44.8 Å². The Bertz CT molecular complexity index is 817. The maximum atomic E-state index is 12.5. The fraction of sp³-hybridized carbons (Fsp3) is 0.480. The zero-order valence-corrected chi connectivity index (χ0v) is 18.8. The van der Waals surface area contributed by atoms with Crippen LogP contribution in [0.3, 0.4) is 0 Å². The molecule has 1 fully saturated rings. The summed E-state index contributed by atoms with van der Waals surface area (Å²) in [6.45, 7) is 14.3. The smallest absolute Gasteiger partial charge is 0.238 e. The number of hydrogen-bond acceptors (Lipinski definition) is 4. The zero-order chi connectivity index (χ0) is 21.5. The van der Waals surface area contributed by atoms with Crippen LogP contribution in [-0.2, 0) is 4.79 Å². The number of ether oxygens (including phenoxy) is 1. The van der Waals surface area contributed by atoms with Crippen LogP contribution in [-0.4, -0.2) is 61.6 Å². The summed E-state index contributed by atoms with van der Waals surface area (Å²) >= 11 is 0. The molecule has 30 heavy (non-hydrogen) atoms. The summed E-state index contributed by atoms with van der Waals surface area (Å²) in [5, 5.41) is 3.09. The molecule has 0 unspecified atom stereocenters. The Hall–Kier alpha value is -2.37. The molecule has 1 N–H and O–H groups in total. The van der Waals surface area contributed by atoms with Crippen LogP contribution in [0.15, 0.2) is 36.4 Å². The van der Waals surface area contributed by atoms with Gasteiger partial charge in [0, 0.05) is 38.4 Å². The largest absolute Gasteiger partial charge is 0.494 e. The minimum atomic E-state index is 0.0719. The molecule has 0 radical (unpaired) electrons. The molecule has 1 aliphatic rings. The molecular formula is C25H35N3O2. The highest BCUT2D eigenvalue weighted by Crippen LogP contribution is 2.19. The van der Waals surface area contributed by atoms with E-state index in [0.717, 1.165) is 68.3 Å². The molecule has 3 rings (SSSR count). The van der Waals surface area contributed by atoms with Gasteiger partial charge in [-0.2, -0.15) is 0 Å². The number of aryl methyl sites for hydroxylation is 4. The van der Waals surface area contributed by atoms with Gasteiger partial charge in [0.15, 0.2) is 0 Å². The number of rotatable bonds is 8. The summed E-state index contributed by atoms with van der Waals surface area (Å²) in [5.74, 6) is 1.04. The molecule has 1 aliphatic heterocycles. The van der Waals surface area contributed by atoms with Crippen LogP contribution in [0.25, 0.3) is 0 Å². The molecule has 1 heterocycles. The minimum Gasteiger partial charge on any atom is -0.494 e. The number of piperazine rings is 1.